The molecular formula is C35H41N5O5. The minimum absolute atomic E-state index is 0.235. The van der Waals surface area contributed by atoms with E-state index in [9.17, 15) is 15.0 Å². The summed E-state index contributed by atoms with van der Waals surface area (Å²) in [5, 5.41) is 24.0. The van der Waals surface area contributed by atoms with Gasteiger partial charge in [-0.05, 0) is 72.4 Å². The Bertz CT molecular complexity index is 1660. The molecule has 2 saturated heterocycles. The van der Waals surface area contributed by atoms with Gasteiger partial charge in [0.15, 0.2) is 5.82 Å². The van der Waals surface area contributed by atoms with Crippen molar-refractivity contribution in [1.82, 2.24) is 19.8 Å². The number of hydrogen-bond acceptors (Lipinski definition) is 9. The zero-order valence-electron chi connectivity index (χ0n) is 25.9. The van der Waals surface area contributed by atoms with Crippen LogP contribution in [-0.4, -0.2) is 94.1 Å². The van der Waals surface area contributed by atoms with Gasteiger partial charge in [-0.3, -0.25) is 19.6 Å². The number of aromatic nitrogens is 2. The number of morpholine rings is 1. The van der Waals surface area contributed by atoms with Gasteiger partial charge in [-0.1, -0.05) is 24.3 Å². The van der Waals surface area contributed by atoms with Gasteiger partial charge in [-0.15, -0.1) is 0 Å². The molecule has 3 N–H and O–H groups in total. The summed E-state index contributed by atoms with van der Waals surface area (Å²) in [6.45, 7) is 10.2. The van der Waals surface area contributed by atoms with Crippen LogP contribution in [0.3, 0.4) is 0 Å². The number of hydrogen-bond donors (Lipinski definition) is 3. The highest BCUT2D eigenvalue weighted by atomic mass is 16.5. The summed E-state index contributed by atoms with van der Waals surface area (Å²) < 4.78 is 11.7. The molecule has 0 aliphatic carbocycles. The van der Waals surface area contributed by atoms with Gasteiger partial charge in [0.2, 0.25) is 0 Å². The predicted molar refractivity (Wildman–Crippen MR) is 174 cm³/mol. The molecule has 0 bridgehead atoms. The van der Waals surface area contributed by atoms with Gasteiger partial charge in [-0.25, -0.2) is 4.98 Å². The fraction of sp³-hybridized carbons (Fsp3) is 0.400. The fourth-order valence-electron chi connectivity index (χ4n) is 6.38. The van der Waals surface area contributed by atoms with Gasteiger partial charge in [0.25, 0.3) is 0 Å². The minimum Gasteiger partial charge on any atom is -0.493 e. The monoisotopic (exact) mass is 611 g/mol. The third kappa shape index (κ3) is 7.10. The number of ether oxygens (including phenoxy) is 2. The highest BCUT2D eigenvalue weighted by Crippen LogP contribution is 2.36. The fourth-order valence-corrected chi connectivity index (χ4v) is 6.38. The van der Waals surface area contributed by atoms with Crippen molar-refractivity contribution in [1.29, 1.82) is 0 Å². The summed E-state index contributed by atoms with van der Waals surface area (Å²) in [6, 6.07) is 15.7. The smallest absolute Gasteiger partial charge is 0.321 e. The van der Waals surface area contributed by atoms with E-state index >= 15 is 0 Å². The number of rotatable bonds is 11. The lowest BCUT2D eigenvalue weighted by molar-refractivity contribution is -0.142. The number of benzene rings is 2. The van der Waals surface area contributed by atoms with E-state index in [-0.39, 0.29) is 6.42 Å². The Hall–Kier alpha value is -4.09. The molecular weight excluding hydrogens is 570 g/mol. The second-order valence-electron chi connectivity index (χ2n) is 11.9. The number of nitrogens with one attached hydrogen (secondary N) is 1. The van der Waals surface area contributed by atoms with Gasteiger partial charge < -0.3 is 25.0 Å². The number of fused-ring (bicyclic) bond motifs is 1. The number of likely N-dealkylation sites (tertiary alicyclic amines) is 1. The van der Waals surface area contributed by atoms with Crippen LogP contribution in [0.25, 0.3) is 22.0 Å². The SMILES string of the molecule is Cc1c(Nc2nccc3cc(CN4CC(O)CC4C(=O)O)cnc23)cccc1-c1cccc(OCCCN2CCOCC2)c1C. The van der Waals surface area contributed by atoms with Crippen molar-refractivity contribution in [2.45, 2.75) is 45.4 Å². The number of carbonyl (C=O) groups is 1. The Balaban J connectivity index is 1.17. The molecule has 6 rings (SSSR count). The number of nitrogens with zero attached hydrogens (tertiary/aromatic N) is 4. The normalized spacial score (nSPS) is 19.2. The van der Waals surface area contributed by atoms with Crippen molar-refractivity contribution in [3.05, 3.63) is 77.6 Å². The number of β-amino-alcohol motifs (C(OH)–C–C–N with tert-alkyl or cyclic N) is 1. The lowest BCUT2D eigenvalue weighted by Gasteiger charge is -2.26. The van der Waals surface area contributed by atoms with Gasteiger partial charge in [0.05, 0.1) is 25.9 Å². The van der Waals surface area contributed by atoms with E-state index in [1.54, 1.807) is 17.3 Å². The minimum atomic E-state index is -0.914. The van der Waals surface area contributed by atoms with Crippen LogP contribution in [0.5, 0.6) is 5.75 Å². The van der Waals surface area contributed by atoms with E-state index in [0.29, 0.717) is 25.5 Å². The van der Waals surface area contributed by atoms with Crippen LogP contribution >= 0.6 is 0 Å². The van der Waals surface area contributed by atoms with Crippen LogP contribution in [0.2, 0.25) is 0 Å². The maximum Gasteiger partial charge on any atom is 0.321 e. The third-order valence-corrected chi connectivity index (χ3v) is 8.85. The standard InChI is InChI=1S/C35H41N5O5/c1-23-28(29-7-4-9-32(24(29)2)45-15-5-12-39-13-16-44-17-14-39)6-3-8-30(23)38-34-33-26(10-11-36-34)18-25(20-37-33)21-40-22-27(41)19-31(40)35(42)43/h3-4,6-11,18,20,27,31,41H,5,12-17,19,21-22H2,1-2H3,(H,36,38)(H,42,43). The molecule has 10 nitrogen and oxygen atoms in total. The van der Waals surface area contributed by atoms with E-state index in [1.165, 1.54) is 0 Å². The average Bonchev–Trinajstić information content (AvgIpc) is 3.41. The first-order valence-corrected chi connectivity index (χ1v) is 15.7. The molecule has 10 heteroatoms. The molecule has 4 heterocycles. The molecule has 0 saturated carbocycles. The van der Waals surface area contributed by atoms with Crippen LogP contribution < -0.4 is 10.1 Å². The van der Waals surface area contributed by atoms with E-state index in [2.05, 4.69) is 47.2 Å². The topological polar surface area (TPSA) is 120 Å². The molecule has 2 atom stereocenters. The highest BCUT2D eigenvalue weighted by Gasteiger charge is 2.35. The van der Waals surface area contributed by atoms with Gasteiger partial charge in [-0.2, -0.15) is 0 Å². The van der Waals surface area contributed by atoms with Crippen molar-refractivity contribution in [3.8, 4) is 16.9 Å². The predicted octanol–water partition coefficient (Wildman–Crippen LogP) is 4.78. The molecule has 45 heavy (non-hydrogen) atoms. The Morgan fingerprint density at radius 2 is 1.84 bits per heavy atom. The highest BCUT2D eigenvalue weighted by molar-refractivity contribution is 5.91. The lowest BCUT2D eigenvalue weighted by atomic mass is 9.95. The van der Waals surface area contributed by atoms with E-state index in [4.69, 9.17) is 14.5 Å². The van der Waals surface area contributed by atoms with E-state index < -0.39 is 18.1 Å². The maximum atomic E-state index is 11.7. The van der Waals surface area contributed by atoms with E-state index in [0.717, 1.165) is 89.4 Å². The number of aliphatic hydroxyl groups is 1. The molecule has 0 radical (unpaired) electrons. The second kappa shape index (κ2) is 13.9. The molecule has 2 aromatic carbocycles. The first-order valence-electron chi connectivity index (χ1n) is 15.7. The first kappa shape index (κ1) is 30.9. The van der Waals surface area contributed by atoms with Crippen LogP contribution in [0.1, 0.15) is 29.5 Å². The molecule has 2 fully saturated rings. The van der Waals surface area contributed by atoms with Crippen molar-refractivity contribution < 1.29 is 24.5 Å². The largest absolute Gasteiger partial charge is 0.493 e. The number of aliphatic carboxylic acids is 1. The summed E-state index contributed by atoms with van der Waals surface area (Å²) in [7, 11) is 0. The molecule has 4 aromatic rings. The molecule has 0 spiro atoms. The van der Waals surface area contributed by atoms with Crippen molar-refractivity contribution in [2.24, 2.45) is 0 Å². The Morgan fingerprint density at radius 1 is 1.07 bits per heavy atom. The number of carboxylic acids is 1. The van der Waals surface area contributed by atoms with Gasteiger partial charge >= 0.3 is 5.97 Å². The zero-order chi connectivity index (χ0) is 31.3. The lowest BCUT2D eigenvalue weighted by Crippen LogP contribution is -2.37. The average molecular weight is 612 g/mol. The van der Waals surface area contributed by atoms with Crippen molar-refractivity contribution in [3.63, 3.8) is 0 Å². The number of pyridine rings is 2. The van der Waals surface area contributed by atoms with Crippen LogP contribution in [0.4, 0.5) is 11.5 Å². The van der Waals surface area contributed by atoms with Crippen molar-refractivity contribution in [2.75, 3.05) is 51.3 Å². The summed E-state index contributed by atoms with van der Waals surface area (Å²) >= 11 is 0. The third-order valence-electron chi connectivity index (χ3n) is 8.85. The van der Waals surface area contributed by atoms with E-state index in [1.807, 2.05) is 30.3 Å². The molecule has 2 aliphatic heterocycles. The van der Waals surface area contributed by atoms with Gasteiger partial charge in [0.1, 0.15) is 17.3 Å². The molecule has 2 unspecified atom stereocenters. The molecule has 2 aromatic heterocycles. The summed E-state index contributed by atoms with van der Waals surface area (Å²) in [6.07, 6.45) is 4.08. The van der Waals surface area contributed by atoms with Crippen LogP contribution in [-0.2, 0) is 16.1 Å². The second-order valence-corrected chi connectivity index (χ2v) is 11.9. The number of anilines is 2. The maximum absolute atomic E-state index is 11.7. The van der Waals surface area contributed by atoms with Crippen LogP contribution in [0, 0.1) is 13.8 Å². The molecule has 0 amide bonds. The first-order chi connectivity index (χ1) is 21.9. The van der Waals surface area contributed by atoms with Crippen LogP contribution in [0.15, 0.2) is 60.9 Å². The van der Waals surface area contributed by atoms with Gasteiger partial charge in [0, 0.05) is 62.6 Å². The van der Waals surface area contributed by atoms with Crippen molar-refractivity contribution >= 4 is 28.4 Å². The number of aliphatic hydroxyl groups excluding tert-OH is 1. The molecule has 2 aliphatic rings. The number of carboxylic acid groups (broad SMARTS) is 1. The molecule has 236 valence electrons. The zero-order valence-corrected chi connectivity index (χ0v) is 25.9. The summed E-state index contributed by atoms with van der Waals surface area (Å²) in [5.74, 6) is 0.636. The summed E-state index contributed by atoms with van der Waals surface area (Å²) in [5.41, 5.74) is 6.99. The summed E-state index contributed by atoms with van der Waals surface area (Å²) in [4.78, 5) is 25.2. The Kier molecular flexibility index (Phi) is 9.56. The Morgan fingerprint density at radius 3 is 2.64 bits per heavy atom. The Labute approximate surface area is 263 Å². The quantitative estimate of drug-likeness (QED) is 0.205.